The van der Waals surface area contributed by atoms with Crippen LogP contribution in [0.25, 0.3) is 0 Å². The van der Waals surface area contributed by atoms with Crippen molar-refractivity contribution in [2.45, 2.75) is 25.8 Å². The minimum atomic E-state index is 0. The standard InChI is InChI=1S/C15H23N5S.HI/c1-15(2,13-6-4-11-21-13)12-18-14(16-3)17-8-10-20-9-5-7-19-20;/h4-7,9,11H,8,10,12H2,1-3H3,(H2,16,17,18);1H. The molecule has 2 N–H and O–H groups in total. The second-order valence-electron chi connectivity index (χ2n) is 5.48. The van der Waals surface area contributed by atoms with E-state index in [0.717, 1.165) is 25.6 Å². The van der Waals surface area contributed by atoms with Crippen molar-refractivity contribution in [2.24, 2.45) is 4.99 Å². The molecule has 0 bridgehead atoms. The third-order valence-corrected chi connectivity index (χ3v) is 4.54. The molecule has 0 atom stereocenters. The molecule has 2 aromatic heterocycles. The van der Waals surface area contributed by atoms with E-state index in [9.17, 15) is 0 Å². The van der Waals surface area contributed by atoms with Crippen molar-refractivity contribution in [3.05, 3.63) is 40.8 Å². The molecule has 0 radical (unpaired) electrons. The first kappa shape index (κ1) is 19.0. The largest absolute Gasteiger partial charge is 0.356 e. The van der Waals surface area contributed by atoms with Crippen LogP contribution in [0.4, 0.5) is 0 Å². The molecule has 5 nitrogen and oxygen atoms in total. The van der Waals surface area contributed by atoms with Crippen LogP contribution in [0.2, 0.25) is 0 Å². The predicted octanol–water partition coefficient (Wildman–Crippen LogP) is 2.71. The molecular formula is C15H24IN5S. The number of halogens is 1. The summed E-state index contributed by atoms with van der Waals surface area (Å²) < 4.78 is 1.90. The van der Waals surface area contributed by atoms with Crippen LogP contribution in [0, 0.1) is 0 Å². The third-order valence-electron chi connectivity index (χ3n) is 3.30. The summed E-state index contributed by atoms with van der Waals surface area (Å²) in [6, 6.07) is 6.20. The molecular weight excluding hydrogens is 409 g/mol. The van der Waals surface area contributed by atoms with E-state index in [1.54, 1.807) is 24.6 Å². The molecule has 0 aliphatic carbocycles. The number of hydrogen-bond acceptors (Lipinski definition) is 3. The highest BCUT2D eigenvalue weighted by atomic mass is 127. The molecule has 0 aliphatic rings. The summed E-state index contributed by atoms with van der Waals surface area (Å²) in [4.78, 5) is 5.64. The van der Waals surface area contributed by atoms with Crippen LogP contribution in [0.15, 0.2) is 41.0 Å². The molecule has 0 saturated carbocycles. The third kappa shape index (κ3) is 5.60. The highest BCUT2D eigenvalue weighted by Crippen LogP contribution is 2.26. The Morgan fingerprint density at radius 3 is 2.77 bits per heavy atom. The summed E-state index contributed by atoms with van der Waals surface area (Å²) in [6.07, 6.45) is 3.74. The Hall–Kier alpha value is -1.09. The number of aromatic nitrogens is 2. The van der Waals surface area contributed by atoms with Gasteiger partial charge in [-0.25, -0.2) is 0 Å². The molecule has 0 fully saturated rings. The molecule has 0 aliphatic heterocycles. The maximum atomic E-state index is 4.26. The lowest BCUT2D eigenvalue weighted by Crippen LogP contribution is -2.44. The van der Waals surface area contributed by atoms with Gasteiger partial charge in [-0.1, -0.05) is 19.9 Å². The van der Waals surface area contributed by atoms with Crippen molar-refractivity contribution in [1.29, 1.82) is 0 Å². The van der Waals surface area contributed by atoms with Gasteiger partial charge in [0, 0.05) is 42.8 Å². The van der Waals surface area contributed by atoms with Gasteiger partial charge in [-0.2, -0.15) is 5.10 Å². The Kier molecular flexibility index (Phi) is 7.88. The van der Waals surface area contributed by atoms with Gasteiger partial charge in [-0.05, 0) is 17.5 Å². The van der Waals surface area contributed by atoms with Crippen LogP contribution in [0.1, 0.15) is 18.7 Å². The zero-order valence-electron chi connectivity index (χ0n) is 13.2. The van der Waals surface area contributed by atoms with Gasteiger partial charge < -0.3 is 10.6 Å². The Morgan fingerprint density at radius 2 is 2.18 bits per heavy atom. The second kappa shape index (κ2) is 9.14. The average molecular weight is 433 g/mol. The van der Waals surface area contributed by atoms with Crippen LogP contribution in [0.3, 0.4) is 0 Å². The van der Waals surface area contributed by atoms with Gasteiger partial charge in [0.15, 0.2) is 5.96 Å². The first-order valence-electron chi connectivity index (χ1n) is 7.08. The SMILES string of the molecule is CN=C(NCCn1cccn1)NCC(C)(C)c1cccs1.I. The van der Waals surface area contributed by atoms with E-state index in [-0.39, 0.29) is 29.4 Å². The first-order chi connectivity index (χ1) is 10.1. The normalized spacial score (nSPS) is 11.9. The lowest BCUT2D eigenvalue weighted by molar-refractivity contribution is 0.516. The van der Waals surface area contributed by atoms with Crippen molar-refractivity contribution in [2.75, 3.05) is 20.1 Å². The van der Waals surface area contributed by atoms with Crippen molar-refractivity contribution >= 4 is 41.3 Å². The van der Waals surface area contributed by atoms with Crippen LogP contribution in [0.5, 0.6) is 0 Å². The van der Waals surface area contributed by atoms with E-state index in [1.807, 2.05) is 16.9 Å². The first-order valence-corrected chi connectivity index (χ1v) is 7.96. The Morgan fingerprint density at radius 1 is 1.36 bits per heavy atom. The molecule has 0 unspecified atom stereocenters. The summed E-state index contributed by atoms with van der Waals surface area (Å²) in [5.74, 6) is 0.826. The Bertz CT molecular complexity index is 549. The van der Waals surface area contributed by atoms with Crippen LogP contribution < -0.4 is 10.6 Å². The van der Waals surface area contributed by atoms with Crippen molar-refractivity contribution in [3.63, 3.8) is 0 Å². The minimum absolute atomic E-state index is 0. The zero-order chi connectivity index (χ0) is 15.1. The molecule has 2 rings (SSSR count). The Labute approximate surface area is 153 Å². The zero-order valence-corrected chi connectivity index (χ0v) is 16.4. The number of nitrogens with zero attached hydrogens (tertiary/aromatic N) is 3. The maximum absolute atomic E-state index is 4.26. The average Bonchev–Trinajstić information content (AvgIpc) is 3.15. The number of guanidine groups is 1. The summed E-state index contributed by atoms with van der Waals surface area (Å²) >= 11 is 1.79. The number of thiophene rings is 1. The fourth-order valence-corrected chi connectivity index (χ4v) is 2.85. The monoisotopic (exact) mass is 433 g/mol. The molecule has 0 aromatic carbocycles. The van der Waals surface area contributed by atoms with Crippen molar-refractivity contribution in [3.8, 4) is 0 Å². The van der Waals surface area contributed by atoms with Gasteiger partial charge in [-0.15, -0.1) is 35.3 Å². The van der Waals surface area contributed by atoms with Crippen molar-refractivity contribution in [1.82, 2.24) is 20.4 Å². The van der Waals surface area contributed by atoms with E-state index in [0.29, 0.717) is 0 Å². The van der Waals surface area contributed by atoms with Gasteiger partial charge in [0.2, 0.25) is 0 Å². The smallest absolute Gasteiger partial charge is 0.191 e. The van der Waals surface area contributed by atoms with E-state index in [2.05, 4.69) is 52.1 Å². The molecule has 2 aromatic rings. The molecule has 0 spiro atoms. The minimum Gasteiger partial charge on any atom is -0.356 e. The van der Waals surface area contributed by atoms with Crippen LogP contribution >= 0.6 is 35.3 Å². The fraction of sp³-hybridized carbons (Fsp3) is 0.467. The van der Waals surface area contributed by atoms with Gasteiger partial charge in [0.25, 0.3) is 0 Å². The molecule has 0 amide bonds. The summed E-state index contributed by atoms with van der Waals surface area (Å²) in [5, 5.41) is 13.0. The van der Waals surface area contributed by atoms with Gasteiger partial charge in [0.1, 0.15) is 0 Å². The fourth-order valence-electron chi connectivity index (χ4n) is 2.00. The predicted molar refractivity (Wildman–Crippen MR) is 104 cm³/mol. The van der Waals surface area contributed by atoms with Gasteiger partial charge >= 0.3 is 0 Å². The van der Waals surface area contributed by atoms with E-state index in [4.69, 9.17) is 0 Å². The second-order valence-corrected chi connectivity index (χ2v) is 6.43. The topological polar surface area (TPSA) is 54.2 Å². The summed E-state index contributed by atoms with van der Waals surface area (Å²) in [7, 11) is 1.79. The molecule has 7 heteroatoms. The molecule has 2 heterocycles. The number of rotatable bonds is 6. The van der Waals surface area contributed by atoms with Gasteiger partial charge in [-0.3, -0.25) is 9.67 Å². The van der Waals surface area contributed by atoms with E-state index < -0.39 is 0 Å². The molecule has 122 valence electrons. The lowest BCUT2D eigenvalue weighted by Gasteiger charge is -2.25. The highest BCUT2D eigenvalue weighted by Gasteiger charge is 2.21. The van der Waals surface area contributed by atoms with Crippen LogP contribution in [-0.2, 0) is 12.0 Å². The Balaban J connectivity index is 0.00000242. The molecule has 22 heavy (non-hydrogen) atoms. The summed E-state index contributed by atoms with van der Waals surface area (Å²) in [6.45, 7) is 6.93. The molecule has 0 saturated heterocycles. The summed E-state index contributed by atoms with van der Waals surface area (Å²) in [5.41, 5.74) is 0.0910. The number of aliphatic imine (C=N–C) groups is 1. The number of hydrogen-bond donors (Lipinski definition) is 2. The van der Waals surface area contributed by atoms with Gasteiger partial charge in [0.05, 0.1) is 6.54 Å². The van der Waals surface area contributed by atoms with Crippen LogP contribution in [-0.4, -0.2) is 35.9 Å². The lowest BCUT2D eigenvalue weighted by atomic mass is 9.91. The highest BCUT2D eigenvalue weighted by molar-refractivity contribution is 14.0. The van der Waals surface area contributed by atoms with Crippen molar-refractivity contribution < 1.29 is 0 Å². The van der Waals surface area contributed by atoms with E-state index in [1.165, 1.54) is 4.88 Å². The maximum Gasteiger partial charge on any atom is 0.191 e. The quantitative estimate of drug-likeness (QED) is 0.419. The number of nitrogens with one attached hydrogen (secondary N) is 2. The van der Waals surface area contributed by atoms with E-state index >= 15 is 0 Å².